The number of carbonyl (C=O) groups is 1. The number of carbonyl (C=O) groups excluding carboxylic acids is 1. The molecular formula is C17H13ClN4OS. The zero-order valence-electron chi connectivity index (χ0n) is 12.4. The number of amides is 1. The summed E-state index contributed by atoms with van der Waals surface area (Å²) in [5.41, 5.74) is 10.2. The zero-order valence-corrected chi connectivity index (χ0v) is 14.0. The molecular weight excluding hydrogens is 344 g/mol. The number of aliphatic imine (C=N–C) groups is 1. The Morgan fingerprint density at radius 3 is 2.46 bits per heavy atom. The van der Waals surface area contributed by atoms with Crippen molar-refractivity contribution in [2.45, 2.75) is 0 Å². The average Bonchev–Trinajstić information content (AvgIpc) is 2.58. The van der Waals surface area contributed by atoms with Crippen LogP contribution in [0.4, 0.5) is 0 Å². The van der Waals surface area contributed by atoms with E-state index in [2.05, 4.69) is 10.4 Å². The van der Waals surface area contributed by atoms with Gasteiger partial charge in [-0.15, -0.1) is 0 Å². The van der Waals surface area contributed by atoms with Crippen LogP contribution in [0.15, 0.2) is 65.3 Å². The molecule has 0 unspecified atom stereocenters. The lowest BCUT2D eigenvalue weighted by molar-refractivity contribution is -0.120. The van der Waals surface area contributed by atoms with Crippen LogP contribution in [-0.2, 0) is 4.79 Å². The minimum Gasteiger partial charge on any atom is -0.374 e. The lowest BCUT2D eigenvalue weighted by atomic mass is 10.1. The van der Waals surface area contributed by atoms with E-state index in [1.807, 2.05) is 30.3 Å². The summed E-state index contributed by atoms with van der Waals surface area (Å²) >= 11 is 10.9. The second-order valence-corrected chi connectivity index (χ2v) is 5.85. The standard InChI is InChI=1S/C17H13ClN4OS/c18-13-8-6-12(7-9-13)15-20-14(10-11-4-2-1-3-5-11)16(23)21-22(15)17(19)24/h1-10H,(H2,19,24)(H,21,23). The van der Waals surface area contributed by atoms with Crippen molar-refractivity contribution in [3.63, 3.8) is 0 Å². The first-order valence-corrected chi connectivity index (χ1v) is 7.85. The zero-order chi connectivity index (χ0) is 17.1. The Kier molecular flexibility index (Phi) is 4.59. The van der Waals surface area contributed by atoms with E-state index >= 15 is 0 Å². The fraction of sp³-hybridized carbons (Fsp3) is 0. The highest BCUT2D eigenvalue weighted by Crippen LogP contribution is 2.18. The van der Waals surface area contributed by atoms with Gasteiger partial charge in [0.2, 0.25) is 0 Å². The van der Waals surface area contributed by atoms with Crippen molar-refractivity contribution in [1.82, 2.24) is 10.4 Å². The molecule has 1 aliphatic rings. The second kappa shape index (κ2) is 6.82. The molecule has 24 heavy (non-hydrogen) atoms. The predicted octanol–water partition coefficient (Wildman–Crippen LogP) is 2.72. The predicted molar refractivity (Wildman–Crippen MR) is 99.2 cm³/mol. The van der Waals surface area contributed by atoms with Crippen LogP contribution in [0.1, 0.15) is 11.1 Å². The Morgan fingerprint density at radius 2 is 1.83 bits per heavy atom. The fourth-order valence-electron chi connectivity index (χ4n) is 2.18. The summed E-state index contributed by atoms with van der Waals surface area (Å²) in [6.45, 7) is 0. The monoisotopic (exact) mass is 356 g/mol. The van der Waals surface area contributed by atoms with E-state index in [0.29, 0.717) is 10.9 Å². The number of hydrogen-bond acceptors (Lipinski definition) is 3. The molecule has 0 radical (unpaired) electrons. The van der Waals surface area contributed by atoms with Gasteiger partial charge in [-0.2, -0.15) is 0 Å². The molecule has 1 aliphatic heterocycles. The van der Waals surface area contributed by atoms with Crippen molar-refractivity contribution in [2.24, 2.45) is 10.7 Å². The summed E-state index contributed by atoms with van der Waals surface area (Å²) in [6.07, 6.45) is 1.70. The van der Waals surface area contributed by atoms with Gasteiger partial charge < -0.3 is 5.73 Å². The van der Waals surface area contributed by atoms with Crippen LogP contribution in [0.2, 0.25) is 5.02 Å². The van der Waals surface area contributed by atoms with E-state index in [9.17, 15) is 4.79 Å². The van der Waals surface area contributed by atoms with E-state index < -0.39 is 0 Å². The van der Waals surface area contributed by atoms with Crippen LogP contribution in [0, 0.1) is 0 Å². The lowest BCUT2D eigenvalue weighted by Gasteiger charge is -2.28. The largest absolute Gasteiger partial charge is 0.374 e. The van der Waals surface area contributed by atoms with Crippen molar-refractivity contribution in [3.05, 3.63) is 76.4 Å². The molecule has 1 heterocycles. The number of hydrogen-bond donors (Lipinski definition) is 2. The third kappa shape index (κ3) is 3.45. The molecule has 0 bridgehead atoms. The topological polar surface area (TPSA) is 70.7 Å². The summed E-state index contributed by atoms with van der Waals surface area (Å²) in [6, 6.07) is 16.5. The van der Waals surface area contributed by atoms with Crippen molar-refractivity contribution >= 4 is 46.8 Å². The number of benzene rings is 2. The summed E-state index contributed by atoms with van der Waals surface area (Å²) in [5.74, 6) is 0.0466. The number of halogens is 1. The van der Waals surface area contributed by atoms with Gasteiger partial charge in [-0.3, -0.25) is 10.2 Å². The van der Waals surface area contributed by atoms with Gasteiger partial charge in [-0.05, 0) is 48.1 Å². The number of rotatable bonds is 2. The van der Waals surface area contributed by atoms with Gasteiger partial charge in [0.25, 0.3) is 5.91 Å². The number of hydrazine groups is 1. The van der Waals surface area contributed by atoms with Gasteiger partial charge in [0.15, 0.2) is 10.9 Å². The van der Waals surface area contributed by atoms with E-state index in [0.717, 1.165) is 11.1 Å². The quantitative estimate of drug-likeness (QED) is 0.641. The molecule has 0 atom stereocenters. The Labute approximate surface area is 149 Å². The Morgan fingerprint density at radius 1 is 1.17 bits per heavy atom. The summed E-state index contributed by atoms with van der Waals surface area (Å²) in [5, 5.41) is 1.88. The maximum Gasteiger partial charge on any atom is 0.288 e. The third-order valence-corrected chi connectivity index (χ3v) is 3.74. The number of nitrogens with one attached hydrogen (secondary N) is 1. The Bertz CT molecular complexity index is 847. The van der Waals surface area contributed by atoms with E-state index in [1.54, 1.807) is 30.3 Å². The molecule has 0 spiro atoms. The molecule has 3 N–H and O–H groups in total. The molecule has 120 valence electrons. The first-order chi connectivity index (χ1) is 11.5. The van der Waals surface area contributed by atoms with E-state index in [-0.39, 0.29) is 16.7 Å². The molecule has 5 nitrogen and oxygen atoms in total. The van der Waals surface area contributed by atoms with Gasteiger partial charge in [0.1, 0.15) is 5.70 Å². The van der Waals surface area contributed by atoms with Gasteiger partial charge in [-0.25, -0.2) is 10.0 Å². The highest BCUT2D eigenvalue weighted by molar-refractivity contribution is 7.80. The third-order valence-electron chi connectivity index (χ3n) is 3.31. The van der Waals surface area contributed by atoms with Gasteiger partial charge in [0, 0.05) is 10.6 Å². The molecule has 0 aliphatic carbocycles. The summed E-state index contributed by atoms with van der Waals surface area (Å²) < 4.78 is 0. The minimum atomic E-state index is -0.385. The molecule has 0 saturated heterocycles. The first-order valence-electron chi connectivity index (χ1n) is 7.06. The van der Waals surface area contributed by atoms with Gasteiger partial charge in [-0.1, -0.05) is 41.9 Å². The highest BCUT2D eigenvalue weighted by Gasteiger charge is 2.26. The molecule has 1 amide bonds. The van der Waals surface area contributed by atoms with Crippen molar-refractivity contribution in [3.8, 4) is 0 Å². The minimum absolute atomic E-state index is 0.00388. The summed E-state index contributed by atoms with van der Waals surface area (Å²) in [7, 11) is 0. The smallest absolute Gasteiger partial charge is 0.288 e. The van der Waals surface area contributed by atoms with Crippen molar-refractivity contribution < 1.29 is 4.79 Å². The van der Waals surface area contributed by atoms with Gasteiger partial charge >= 0.3 is 0 Å². The van der Waals surface area contributed by atoms with Crippen LogP contribution in [0.3, 0.4) is 0 Å². The number of thiocarbonyl (C=S) groups is 1. The van der Waals surface area contributed by atoms with Crippen LogP contribution in [-0.4, -0.2) is 21.9 Å². The summed E-state index contributed by atoms with van der Waals surface area (Å²) in [4.78, 5) is 16.7. The Hall–Kier alpha value is -2.70. The molecule has 0 aromatic heterocycles. The van der Waals surface area contributed by atoms with Crippen LogP contribution in [0.5, 0.6) is 0 Å². The molecule has 0 saturated carbocycles. The van der Waals surface area contributed by atoms with Crippen LogP contribution >= 0.6 is 23.8 Å². The van der Waals surface area contributed by atoms with Crippen molar-refractivity contribution in [2.75, 3.05) is 0 Å². The molecule has 3 rings (SSSR count). The van der Waals surface area contributed by atoms with E-state index in [4.69, 9.17) is 29.6 Å². The fourth-order valence-corrected chi connectivity index (χ4v) is 2.44. The maximum absolute atomic E-state index is 12.3. The molecule has 0 fully saturated rings. The number of nitrogens with two attached hydrogens (primary N) is 1. The normalized spacial score (nSPS) is 15.9. The highest BCUT2D eigenvalue weighted by atomic mass is 35.5. The van der Waals surface area contributed by atoms with Gasteiger partial charge in [0.05, 0.1) is 0 Å². The number of nitrogens with zero attached hydrogens (tertiary/aromatic N) is 2. The van der Waals surface area contributed by atoms with Crippen molar-refractivity contribution in [1.29, 1.82) is 0 Å². The van der Waals surface area contributed by atoms with Crippen LogP contribution < -0.4 is 11.2 Å². The molecule has 7 heteroatoms. The molecule has 2 aromatic rings. The van der Waals surface area contributed by atoms with Crippen LogP contribution in [0.25, 0.3) is 6.08 Å². The average molecular weight is 357 g/mol. The lowest BCUT2D eigenvalue weighted by Crippen LogP contribution is -2.55. The SMILES string of the molecule is NC(=S)N1NC(=O)C(=Cc2ccccc2)N=C1c1ccc(Cl)cc1. The molecule has 2 aromatic carbocycles. The number of amidine groups is 1. The Balaban J connectivity index is 2.08. The van der Waals surface area contributed by atoms with E-state index in [1.165, 1.54) is 5.01 Å². The second-order valence-electron chi connectivity index (χ2n) is 5.00. The first kappa shape index (κ1) is 16.2. The maximum atomic E-state index is 12.3.